The van der Waals surface area contributed by atoms with Crippen molar-refractivity contribution in [2.24, 2.45) is 0 Å². The lowest BCUT2D eigenvalue weighted by atomic mass is 9.68. The summed E-state index contributed by atoms with van der Waals surface area (Å²) in [5.74, 6) is 0. The van der Waals surface area contributed by atoms with Gasteiger partial charge in [-0.3, -0.25) is 0 Å². The Morgan fingerprint density at radius 2 is 1.11 bits per heavy atom. The van der Waals surface area contributed by atoms with E-state index in [1.165, 1.54) is 0 Å². The van der Waals surface area contributed by atoms with Crippen LogP contribution in [0.5, 0.6) is 0 Å². The Bertz CT molecular complexity index is 855. The second-order valence-corrected chi connectivity index (χ2v) is 9.67. The zero-order valence-corrected chi connectivity index (χ0v) is 17.6. The standard InChI is InChI=1S/C20H29B2NO4/c1-17(2)18(3,4)25-21(24-17)15-13-11-9-10-12-14(13)23-16(15)22-26-19(5,6)20(7,8)27-22/h9-12,23H,1-8H3. The van der Waals surface area contributed by atoms with Crippen LogP contribution < -0.4 is 11.1 Å². The molecule has 0 saturated carbocycles. The molecule has 0 unspecified atom stereocenters. The normalized spacial score (nSPS) is 25.5. The van der Waals surface area contributed by atoms with Gasteiger partial charge < -0.3 is 23.6 Å². The van der Waals surface area contributed by atoms with Crippen molar-refractivity contribution in [1.82, 2.24) is 4.98 Å². The van der Waals surface area contributed by atoms with Crippen LogP contribution in [0.1, 0.15) is 55.4 Å². The highest BCUT2D eigenvalue weighted by Gasteiger charge is 2.57. The van der Waals surface area contributed by atoms with Gasteiger partial charge in [-0.2, -0.15) is 0 Å². The lowest BCUT2D eigenvalue weighted by molar-refractivity contribution is 0.00578. The molecule has 0 bridgehead atoms. The molecule has 1 aromatic heterocycles. The number of rotatable bonds is 2. The van der Waals surface area contributed by atoms with Crippen LogP contribution in [0.2, 0.25) is 0 Å². The molecule has 1 N–H and O–H groups in total. The smallest absolute Gasteiger partial charge is 0.399 e. The van der Waals surface area contributed by atoms with Gasteiger partial charge in [0, 0.05) is 16.6 Å². The summed E-state index contributed by atoms with van der Waals surface area (Å²) in [5, 5.41) is 1.07. The molecule has 3 heterocycles. The maximum atomic E-state index is 6.37. The van der Waals surface area contributed by atoms with E-state index in [4.69, 9.17) is 18.6 Å². The molecule has 2 aliphatic rings. The van der Waals surface area contributed by atoms with Crippen molar-refractivity contribution in [3.63, 3.8) is 0 Å². The number of aromatic nitrogens is 1. The fraction of sp³-hybridized carbons (Fsp3) is 0.600. The number of aromatic amines is 1. The number of H-pyrrole nitrogens is 1. The van der Waals surface area contributed by atoms with E-state index < -0.39 is 36.6 Å². The molecule has 2 fully saturated rings. The second-order valence-electron chi connectivity index (χ2n) is 9.67. The first-order chi connectivity index (χ1) is 12.3. The maximum absolute atomic E-state index is 6.37. The molecule has 2 aliphatic heterocycles. The first-order valence-corrected chi connectivity index (χ1v) is 9.66. The van der Waals surface area contributed by atoms with Crippen LogP contribution in [-0.4, -0.2) is 41.6 Å². The van der Waals surface area contributed by atoms with Gasteiger partial charge in [0.15, 0.2) is 0 Å². The molecular weight excluding hydrogens is 340 g/mol. The predicted octanol–water partition coefficient (Wildman–Crippen LogP) is 2.77. The summed E-state index contributed by atoms with van der Waals surface area (Å²) >= 11 is 0. The summed E-state index contributed by atoms with van der Waals surface area (Å²) in [5.41, 5.74) is 1.19. The van der Waals surface area contributed by atoms with E-state index in [0.29, 0.717) is 0 Å². The third-order valence-electron chi connectivity index (χ3n) is 6.75. The average Bonchev–Trinajstić information content (AvgIpc) is 3.07. The average molecular weight is 369 g/mol. The molecule has 0 atom stereocenters. The largest absolute Gasteiger partial charge is 0.511 e. The summed E-state index contributed by atoms with van der Waals surface area (Å²) in [6.07, 6.45) is 0. The topological polar surface area (TPSA) is 52.7 Å². The number of para-hydroxylation sites is 1. The molecule has 0 amide bonds. The van der Waals surface area contributed by atoms with Crippen LogP contribution in [0.15, 0.2) is 24.3 Å². The molecule has 5 nitrogen and oxygen atoms in total. The van der Waals surface area contributed by atoms with Gasteiger partial charge in [0.25, 0.3) is 0 Å². The van der Waals surface area contributed by atoms with Crippen LogP contribution in [-0.2, 0) is 18.6 Å². The first kappa shape index (κ1) is 19.1. The van der Waals surface area contributed by atoms with Crippen molar-refractivity contribution in [1.29, 1.82) is 0 Å². The van der Waals surface area contributed by atoms with E-state index in [1.807, 2.05) is 12.1 Å². The fourth-order valence-electron chi connectivity index (χ4n) is 3.55. The number of fused-ring (bicyclic) bond motifs is 1. The second kappa shape index (κ2) is 5.63. The molecule has 2 aromatic rings. The highest BCUT2D eigenvalue weighted by molar-refractivity contribution is 6.76. The lowest BCUT2D eigenvalue weighted by Crippen LogP contribution is -2.51. The Morgan fingerprint density at radius 1 is 0.667 bits per heavy atom. The van der Waals surface area contributed by atoms with Crippen molar-refractivity contribution in [3.8, 4) is 0 Å². The monoisotopic (exact) mass is 369 g/mol. The number of hydrogen-bond acceptors (Lipinski definition) is 4. The van der Waals surface area contributed by atoms with Crippen LogP contribution in [0.4, 0.5) is 0 Å². The summed E-state index contributed by atoms with van der Waals surface area (Å²) < 4.78 is 25.4. The zero-order chi connectivity index (χ0) is 19.8. The van der Waals surface area contributed by atoms with E-state index in [9.17, 15) is 0 Å². The number of nitrogens with one attached hydrogen (secondary N) is 1. The summed E-state index contributed by atoms with van der Waals surface area (Å²) in [6.45, 7) is 16.5. The number of hydrogen-bond donors (Lipinski definition) is 1. The molecule has 0 radical (unpaired) electrons. The third-order valence-corrected chi connectivity index (χ3v) is 6.75. The minimum Gasteiger partial charge on any atom is -0.399 e. The Balaban J connectivity index is 1.83. The van der Waals surface area contributed by atoms with Crippen LogP contribution in [0.25, 0.3) is 10.9 Å². The minimum atomic E-state index is -0.503. The molecule has 0 aliphatic carbocycles. The van der Waals surface area contributed by atoms with Gasteiger partial charge in [0.1, 0.15) is 0 Å². The third kappa shape index (κ3) is 2.79. The van der Waals surface area contributed by atoms with E-state index in [0.717, 1.165) is 22.0 Å². The summed E-state index contributed by atoms with van der Waals surface area (Å²) in [7, 11) is -0.989. The van der Waals surface area contributed by atoms with Crippen LogP contribution in [0.3, 0.4) is 0 Å². The van der Waals surface area contributed by atoms with Gasteiger partial charge in [-0.1, -0.05) is 18.2 Å². The van der Waals surface area contributed by atoms with E-state index in [1.54, 1.807) is 0 Å². The van der Waals surface area contributed by atoms with Crippen molar-refractivity contribution in [3.05, 3.63) is 24.3 Å². The highest BCUT2D eigenvalue weighted by Crippen LogP contribution is 2.38. The summed E-state index contributed by atoms with van der Waals surface area (Å²) in [4.78, 5) is 3.50. The Kier molecular flexibility index (Phi) is 3.98. The van der Waals surface area contributed by atoms with Crippen molar-refractivity contribution in [2.75, 3.05) is 0 Å². The van der Waals surface area contributed by atoms with E-state index >= 15 is 0 Å². The van der Waals surface area contributed by atoms with Crippen LogP contribution in [0, 0.1) is 0 Å². The predicted molar refractivity (Wildman–Crippen MR) is 110 cm³/mol. The molecule has 2 saturated heterocycles. The zero-order valence-electron chi connectivity index (χ0n) is 17.6. The molecule has 1 aromatic carbocycles. The van der Waals surface area contributed by atoms with Gasteiger partial charge in [0.2, 0.25) is 0 Å². The van der Waals surface area contributed by atoms with Gasteiger partial charge in [0.05, 0.1) is 22.4 Å². The Labute approximate surface area is 162 Å². The first-order valence-electron chi connectivity index (χ1n) is 9.66. The minimum absolute atomic E-state index is 0.413. The quantitative estimate of drug-likeness (QED) is 0.828. The Morgan fingerprint density at radius 3 is 1.63 bits per heavy atom. The van der Waals surface area contributed by atoms with E-state index in [2.05, 4.69) is 72.5 Å². The fourth-order valence-corrected chi connectivity index (χ4v) is 3.55. The van der Waals surface area contributed by atoms with Gasteiger partial charge in [-0.25, -0.2) is 0 Å². The highest BCUT2D eigenvalue weighted by atomic mass is 16.7. The van der Waals surface area contributed by atoms with Gasteiger partial charge in [-0.05, 0) is 66.8 Å². The molecule has 144 valence electrons. The summed E-state index contributed by atoms with van der Waals surface area (Å²) in [6, 6.07) is 8.18. The maximum Gasteiger partial charge on any atom is 0.511 e. The van der Waals surface area contributed by atoms with Crippen molar-refractivity contribution < 1.29 is 18.6 Å². The lowest BCUT2D eigenvalue weighted by Gasteiger charge is -2.32. The van der Waals surface area contributed by atoms with Crippen molar-refractivity contribution in [2.45, 2.75) is 77.8 Å². The SMILES string of the molecule is CC1(C)OB(c2[nH]c3ccccc3c2B2OC(C)(C)C(C)(C)O2)OC1(C)C. The molecule has 4 rings (SSSR count). The van der Waals surface area contributed by atoms with Gasteiger partial charge >= 0.3 is 14.2 Å². The van der Waals surface area contributed by atoms with E-state index in [-0.39, 0.29) is 0 Å². The molecule has 0 spiro atoms. The molecule has 7 heteroatoms. The number of benzene rings is 1. The van der Waals surface area contributed by atoms with Crippen molar-refractivity contribution >= 4 is 36.2 Å². The van der Waals surface area contributed by atoms with Gasteiger partial charge in [-0.15, -0.1) is 0 Å². The Hall–Kier alpha value is -1.27. The van der Waals surface area contributed by atoms with Crippen LogP contribution >= 0.6 is 0 Å². The molecular formula is C20H29B2NO4. The molecule has 27 heavy (non-hydrogen) atoms.